The number of nitrogens with zero attached hydrogens (tertiary/aromatic N) is 1. The van der Waals surface area contributed by atoms with Crippen molar-refractivity contribution in [2.45, 2.75) is 450 Å². The number of quaternary nitrogens is 1. The third-order valence-electron chi connectivity index (χ3n) is 20.3. The number of unbranched alkanes of at least 4 members (excludes halogenated alkanes) is 54. The average Bonchev–Trinajstić information content (AvgIpc) is 1.18. The molecule has 0 aromatic carbocycles. The highest BCUT2D eigenvalue weighted by Gasteiger charge is 2.22. The fraction of sp³-hybridized carbons (Fsp3) is 0.802. The van der Waals surface area contributed by atoms with Gasteiger partial charge in [-0.15, -0.1) is 0 Å². The number of hydrogen-bond acceptors (Lipinski definition) is 8. The maximum Gasteiger partial charge on any atom is 0.306 e. The summed E-state index contributed by atoms with van der Waals surface area (Å²) < 4.78 is 22.9. The molecule has 0 bridgehead atoms. The molecule has 0 radical (unpaired) electrons. The van der Waals surface area contributed by atoms with Crippen molar-refractivity contribution in [1.82, 2.24) is 0 Å². The van der Waals surface area contributed by atoms with E-state index in [0.29, 0.717) is 23.9 Å². The van der Waals surface area contributed by atoms with Gasteiger partial charge < -0.3 is 33.3 Å². The van der Waals surface area contributed by atoms with Crippen LogP contribution in [-0.4, -0.2) is 82.3 Å². The molecule has 0 saturated heterocycles. The lowest BCUT2D eigenvalue weighted by molar-refractivity contribution is -0.870. The second kappa shape index (κ2) is 85.8. The summed E-state index contributed by atoms with van der Waals surface area (Å²) in [6.45, 7) is 4.70. The average molecular weight is 1470 g/mol. The molecule has 0 heterocycles. The highest BCUT2D eigenvalue weighted by molar-refractivity contribution is 5.70. The first kappa shape index (κ1) is 101. The number of ether oxygens (including phenoxy) is 4. The van der Waals surface area contributed by atoms with Gasteiger partial charge in [0.2, 0.25) is 0 Å². The molecule has 0 aliphatic carbocycles. The SMILES string of the molecule is CC/C=C\C/C=C\C/C=C\C/C=C\C/C=C\C/C=C\C/C=C\C/C=C\CCCCCCCCCCCCCCCCCCC(=O)OC(COC(=O)CCCCCCCCCCCCCCCCCCCCCCCCCCCCCCCCCCCCCCCCC)COC(OCC[N+](C)(C)C)C(=O)[O-]. The molecule has 0 aromatic rings. The van der Waals surface area contributed by atoms with Crippen molar-refractivity contribution < 1.29 is 42.9 Å². The Morgan fingerprint density at radius 2 is 0.543 bits per heavy atom. The van der Waals surface area contributed by atoms with Crippen LogP contribution in [0.1, 0.15) is 438 Å². The van der Waals surface area contributed by atoms with Crippen LogP contribution in [0.3, 0.4) is 0 Å². The molecule has 0 aliphatic heterocycles. The third-order valence-corrected chi connectivity index (χ3v) is 20.3. The van der Waals surface area contributed by atoms with E-state index in [1.165, 1.54) is 321 Å². The minimum atomic E-state index is -1.62. The van der Waals surface area contributed by atoms with Gasteiger partial charge in [0.15, 0.2) is 12.4 Å². The Labute approximate surface area is 652 Å². The summed E-state index contributed by atoms with van der Waals surface area (Å²) in [5.74, 6) is -2.26. The van der Waals surface area contributed by atoms with Gasteiger partial charge in [0.25, 0.3) is 0 Å². The fourth-order valence-corrected chi connectivity index (χ4v) is 13.5. The number of carboxylic acid groups (broad SMARTS) is 1. The minimum Gasteiger partial charge on any atom is -0.545 e. The molecule has 0 amide bonds. The van der Waals surface area contributed by atoms with Crippen molar-refractivity contribution in [2.75, 3.05) is 47.5 Å². The van der Waals surface area contributed by atoms with E-state index in [1.807, 2.05) is 21.1 Å². The van der Waals surface area contributed by atoms with Gasteiger partial charge in [-0.2, -0.15) is 0 Å². The maximum atomic E-state index is 13.0. The molecular weight excluding hydrogens is 1300 g/mol. The molecule has 2 atom stereocenters. The third kappa shape index (κ3) is 87.3. The van der Waals surface area contributed by atoms with Crippen LogP contribution in [0.15, 0.2) is 97.2 Å². The van der Waals surface area contributed by atoms with Crippen molar-refractivity contribution in [1.29, 1.82) is 0 Å². The molecule has 105 heavy (non-hydrogen) atoms. The summed E-state index contributed by atoms with van der Waals surface area (Å²) in [7, 11) is 5.95. The van der Waals surface area contributed by atoms with Crippen molar-refractivity contribution >= 4 is 17.9 Å². The molecule has 0 N–H and O–H groups in total. The van der Waals surface area contributed by atoms with Crippen LogP contribution in [-0.2, 0) is 33.3 Å². The number of carbonyl (C=O) groups is 3. The molecule has 2 unspecified atom stereocenters. The summed E-state index contributed by atoms with van der Waals surface area (Å²) >= 11 is 0. The normalized spacial score (nSPS) is 13.0. The Morgan fingerprint density at radius 1 is 0.295 bits per heavy atom. The number of allylic oxidation sites excluding steroid dienone is 16. The van der Waals surface area contributed by atoms with E-state index < -0.39 is 24.3 Å². The van der Waals surface area contributed by atoms with Crippen LogP contribution < -0.4 is 5.11 Å². The monoisotopic (exact) mass is 1470 g/mol. The first-order valence-corrected chi connectivity index (χ1v) is 45.4. The molecule has 0 saturated carbocycles. The Morgan fingerprint density at radius 3 is 0.810 bits per heavy atom. The van der Waals surface area contributed by atoms with E-state index in [1.54, 1.807) is 0 Å². The second-order valence-electron chi connectivity index (χ2n) is 31.9. The fourth-order valence-electron chi connectivity index (χ4n) is 13.5. The van der Waals surface area contributed by atoms with Crippen LogP contribution >= 0.6 is 0 Å². The van der Waals surface area contributed by atoms with Gasteiger partial charge in [-0.3, -0.25) is 9.59 Å². The van der Waals surface area contributed by atoms with Crippen molar-refractivity contribution in [3.05, 3.63) is 97.2 Å². The first-order chi connectivity index (χ1) is 51.6. The first-order valence-electron chi connectivity index (χ1n) is 45.4. The molecular formula is C96H173NO8. The smallest absolute Gasteiger partial charge is 0.306 e. The van der Waals surface area contributed by atoms with Crippen LogP contribution in [0.25, 0.3) is 0 Å². The summed E-state index contributed by atoms with van der Waals surface area (Å²) in [4.78, 5) is 37.7. The summed E-state index contributed by atoms with van der Waals surface area (Å²) in [5, 5.41) is 11.9. The van der Waals surface area contributed by atoms with Gasteiger partial charge in [0.05, 0.1) is 40.3 Å². The molecule has 610 valence electrons. The van der Waals surface area contributed by atoms with Gasteiger partial charge in [-0.1, -0.05) is 445 Å². The highest BCUT2D eigenvalue weighted by Crippen LogP contribution is 2.21. The Kier molecular flexibility index (Phi) is 82.7. The van der Waals surface area contributed by atoms with Gasteiger partial charge in [-0.05, 0) is 77.0 Å². The lowest BCUT2D eigenvalue weighted by atomic mass is 10.0. The van der Waals surface area contributed by atoms with E-state index in [4.69, 9.17) is 18.9 Å². The molecule has 0 rings (SSSR count). The molecule has 0 spiro atoms. The zero-order chi connectivity index (χ0) is 76.0. The zero-order valence-corrected chi connectivity index (χ0v) is 70.1. The number of carboxylic acids is 1. The van der Waals surface area contributed by atoms with Crippen molar-refractivity contribution in [3.8, 4) is 0 Å². The highest BCUT2D eigenvalue weighted by atomic mass is 16.7. The number of carbonyl (C=O) groups excluding carboxylic acids is 3. The van der Waals surface area contributed by atoms with Gasteiger partial charge in [0, 0.05) is 12.8 Å². The minimum absolute atomic E-state index is 0.148. The largest absolute Gasteiger partial charge is 0.545 e. The van der Waals surface area contributed by atoms with E-state index in [9.17, 15) is 19.5 Å². The number of rotatable bonds is 85. The Bertz CT molecular complexity index is 2060. The maximum absolute atomic E-state index is 13.0. The van der Waals surface area contributed by atoms with E-state index in [-0.39, 0.29) is 32.2 Å². The molecule has 9 nitrogen and oxygen atoms in total. The summed E-state index contributed by atoms with van der Waals surface area (Å²) in [6, 6.07) is 0. The van der Waals surface area contributed by atoms with Crippen molar-refractivity contribution in [2.24, 2.45) is 0 Å². The van der Waals surface area contributed by atoms with Crippen molar-refractivity contribution in [3.63, 3.8) is 0 Å². The van der Waals surface area contributed by atoms with E-state index >= 15 is 0 Å². The van der Waals surface area contributed by atoms with Crippen LogP contribution in [0, 0.1) is 0 Å². The topological polar surface area (TPSA) is 111 Å². The van der Waals surface area contributed by atoms with Gasteiger partial charge >= 0.3 is 11.9 Å². The lowest BCUT2D eigenvalue weighted by Crippen LogP contribution is -2.44. The molecule has 9 heteroatoms. The predicted octanol–water partition coefficient (Wildman–Crippen LogP) is 28.5. The number of esters is 2. The summed E-state index contributed by atoms with van der Waals surface area (Å²) in [6.07, 6.45) is 117. The van der Waals surface area contributed by atoms with Crippen LogP contribution in [0.2, 0.25) is 0 Å². The number of likely N-dealkylation sites (N-methyl/N-ethyl adjacent to an activating group) is 1. The number of hydrogen-bond donors (Lipinski definition) is 0. The molecule has 0 aromatic heterocycles. The quantitative estimate of drug-likeness (QED) is 0.0195. The molecule has 0 aliphatic rings. The summed E-state index contributed by atoms with van der Waals surface area (Å²) in [5.41, 5.74) is 0. The van der Waals surface area contributed by atoms with Gasteiger partial charge in [-0.25, -0.2) is 0 Å². The number of aliphatic carboxylic acids is 1. The molecule has 0 fully saturated rings. The Balaban J connectivity index is 3.94. The predicted molar refractivity (Wildman–Crippen MR) is 454 cm³/mol. The second-order valence-corrected chi connectivity index (χ2v) is 31.9. The van der Waals surface area contributed by atoms with Gasteiger partial charge in [0.1, 0.15) is 13.2 Å². The standard InChI is InChI=1S/C96H173NO8/c1-6-8-10-12-14-16-18-20-22-24-26-28-30-32-34-36-38-40-42-44-46-47-49-51-53-55-57-59-61-63-65-67-69-71-73-75-77-79-81-83-85-87-94(99)105-92(91-104-96(95(100)101)102-89-88-97(3,4)5)90-103-93(98)86-84-82-80-78-76-74-72-70-68-66-64-62-60-58-56-54-52-50-48-45-43-41-39-37-35-33-31-29-27-25-23-21-19-17-15-13-11-9-7-2/h8,10,14,16,20,22,26,28,32,34,38,40,44,46,49,51,92,96H,6-7,9,11-13,15,17-19,21,23-25,27,29-31,33,35-37,39,41-43,45,47-48,50,52-91H2,1-5H3/b10-8-,16-14-,22-20-,28-26-,34-32-,40-38-,46-44-,51-49-. The zero-order valence-electron chi connectivity index (χ0n) is 70.1. The Hall–Kier alpha value is -3.79. The van der Waals surface area contributed by atoms with Crippen LogP contribution in [0.4, 0.5) is 0 Å². The van der Waals surface area contributed by atoms with Crippen LogP contribution in [0.5, 0.6) is 0 Å². The van der Waals surface area contributed by atoms with E-state index in [0.717, 1.165) is 83.5 Å². The van der Waals surface area contributed by atoms with E-state index in [2.05, 4.69) is 111 Å². The lowest BCUT2D eigenvalue weighted by Gasteiger charge is -2.26.